The zero-order valence-corrected chi connectivity index (χ0v) is 45.3. The number of nitrogens with zero attached hydrogens (tertiary/aromatic N) is 8. The number of anilines is 4. The number of piperidine rings is 2. The lowest BCUT2D eigenvalue weighted by Gasteiger charge is -2.29. The van der Waals surface area contributed by atoms with Crippen LogP contribution in [0, 0.1) is 0 Å². The summed E-state index contributed by atoms with van der Waals surface area (Å²) in [5.74, 6) is -0.750. The van der Waals surface area contributed by atoms with Crippen molar-refractivity contribution in [1.82, 2.24) is 19.6 Å². The van der Waals surface area contributed by atoms with Crippen LogP contribution in [0.25, 0.3) is 11.4 Å². The van der Waals surface area contributed by atoms with Gasteiger partial charge in [0.05, 0.1) is 18.0 Å². The fourth-order valence-electron chi connectivity index (χ4n) is 10.8. The smallest absolute Gasteiger partial charge is 0.359 e. The van der Waals surface area contributed by atoms with E-state index in [1.807, 2.05) is 133 Å². The maximum absolute atomic E-state index is 14.0. The normalized spacial score (nSPS) is 15.1. The molecule has 2 aromatic heterocycles. The Balaban J connectivity index is 0.000000172. The van der Waals surface area contributed by atoms with Crippen LogP contribution in [0.3, 0.4) is 0 Å². The Hall–Kier alpha value is -9.84. The summed E-state index contributed by atoms with van der Waals surface area (Å²) in [6.07, 6.45) is 5.68. The number of fused-ring (bicyclic) bond motifs is 2. The third-order valence-corrected chi connectivity index (χ3v) is 15.0. The van der Waals surface area contributed by atoms with Crippen molar-refractivity contribution >= 4 is 58.3 Å². The predicted molar refractivity (Wildman–Crippen MR) is 308 cm³/mol. The van der Waals surface area contributed by atoms with Crippen molar-refractivity contribution in [1.29, 1.82) is 0 Å². The maximum Gasteiger partial charge on any atom is 0.359 e. The van der Waals surface area contributed by atoms with Crippen LogP contribution < -0.4 is 29.1 Å². The van der Waals surface area contributed by atoms with Gasteiger partial charge in [-0.2, -0.15) is 10.2 Å². The van der Waals surface area contributed by atoms with Gasteiger partial charge in [-0.3, -0.25) is 19.2 Å². The number of ether oxygens (including phenoxy) is 3. The topological polar surface area (TPSA) is 199 Å². The van der Waals surface area contributed by atoms with Crippen LogP contribution in [-0.2, 0) is 40.4 Å². The van der Waals surface area contributed by atoms with Gasteiger partial charge in [0.2, 0.25) is 11.8 Å². The number of hydrogen-bond donors (Lipinski definition) is 1. The van der Waals surface area contributed by atoms with Crippen LogP contribution in [0.2, 0.25) is 0 Å². The van der Waals surface area contributed by atoms with Crippen LogP contribution in [0.15, 0.2) is 158 Å². The fraction of sp³-hybridized carbons (Fsp3) is 0.250. The van der Waals surface area contributed by atoms with Crippen molar-refractivity contribution in [2.45, 2.75) is 71.5 Å². The molecule has 1 N–H and O–H groups in total. The summed E-state index contributed by atoms with van der Waals surface area (Å²) >= 11 is 0. The highest BCUT2D eigenvalue weighted by molar-refractivity contribution is 6.10. The van der Waals surface area contributed by atoms with Gasteiger partial charge in [-0.15, -0.1) is 0 Å². The molecule has 18 nitrogen and oxygen atoms in total. The Labute approximate surface area is 473 Å². The number of amides is 4. The summed E-state index contributed by atoms with van der Waals surface area (Å²) in [7, 11) is 0. The van der Waals surface area contributed by atoms with Crippen molar-refractivity contribution < 1.29 is 48.1 Å². The highest BCUT2D eigenvalue weighted by atomic mass is 16.5. The average Bonchev–Trinajstić information content (AvgIpc) is 3.72. The third-order valence-electron chi connectivity index (χ3n) is 15.0. The van der Waals surface area contributed by atoms with Crippen molar-refractivity contribution in [3.8, 4) is 22.9 Å². The molecule has 0 saturated carbocycles. The van der Waals surface area contributed by atoms with Gasteiger partial charge in [-0.1, -0.05) is 60.7 Å². The van der Waals surface area contributed by atoms with Gasteiger partial charge in [-0.25, -0.2) is 19.0 Å². The molecule has 0 atom stereocenters. The Morgan fingerprint density at radius 1 is 0.451 bits per heavy atom. The van der Waals surface area contributed by atoms with E-state index in [1.165, 1.54) is 9.36 Å². The Morgan fingerprint density at radius 2 is 0.829 bits per heavy atom. The summed E-state index contributed by atoms with van der Waals surface area (Å²) in [4.78, 5) is 84.2. The number of aromatic carboxylic acids is 1. The lowest BCUT2D eigenvalue weighted by atomic mass is 10.0. The molecule has 12 rings (SSSR count). The van der Waals surface area contributed by atoms with Crippen LogP contribution in [-0.4, -0.2) is 93.0 Å². The molecule has 0 aliphatic carbocycles. The van der Waals surface area contributed by atoms with Crippen molar-refractivity contribution in [3.05, 3.63) is 203 Å². The molecule has 6 heterocycles. The molecule has 6 aromatic carbocycles. The number of aromatic nitrogens is 4. The van der Waals surface area contributed by atoms with Gasteiger partial charge in [0.1, 0.15) is 36.1 Å². The number of carboxylic acid groups (broad SMARTS) is 1. The van der Waals surface area contributed by atoms with Crippen LogP contribution in [0.5, 0.6) is 11.5 Å². The minimum absolute atomic E-state index is 0.110. The summed E-state index contributed by atoms with van der Waals surface area (Å²) in [5.41, 5.74) is 7.93. The minimum atomic E-state index is -1.17. The minimum Gasteiger partial charge on any atom is -0.489 e. The number of carbonyl (C=O) groups excluding carboxylic acids is 5. The van der Waals surface area contributed by atoms with Crippen molar-refractivity contribution in [2.75, 3.05) is 52.4 Å². The van der Waals surface area contributed by atoms with Gasteiger partial charge in [0.15, 0.2) is 11.4 Å². The Kier molecular flexibility index (Phi) is 16.0. The van der Waals surface area contributed by atoms with E-state index in [2.05, 4.69) is 10.2 Å². The summed E-state index contributed by atoms with van der Waals surface area (Å²) in [6, 6.07) is 48.9. The zero-order valence-electron chi connectivity index (χ0n) is 45.3. The standard InChI is InChI=1S/C33H32N4O5.C31H28N4O5/c1-2-41-33(40)30-28-19-21-36(25-13-11-24(12-14-25)35-20-7-6-10-29(35)38)32(39)31(28)37(34-30)26-15-17-27(18-16-26)42-22-23-8-4-3-5-9-23;36-27-8-4-5-18-33(27)22-9-11-23(12-10-22)34-19-17-26-28(31(38)39)32-35(29(26)30(34)37)24-13-15-25(16-14-24)40-20-21-6-2-1-3-7-21/h3-5,8-9,11-18H,2,6-7,10,19-22H2,1H3;1-3,6-7,9-16H,4-5,8,17-20H2,(H,38,39). The van der Waals surface area contributed by atoms with E-state index >= 15 is 0 Å². The van der Waals surface area contributed by atoms with Crippen LogP contribution in [0.1, 0.15) is 110 Å². The number of rotatable bonds is 15. The predicted octanol–water partition coefficient (Wildman–Crippen LogP) is 10.2. The molecule has 0 radical (unpaired) electrons. The molecule has 4 aliphatic heterocycles. The Morgan fingerprint density at radius 3 is 1.22 bits per heavy atom. The second-order valence-corrected chi connectivity index (χ2v) is 20.2. The van der Waals surface area contributed by atoms with Crippen molar-refractivity contribution in [2.24, 2.45) is 0 Å². The fourth-order valence-corrected chi connectivity index (χ4v) is 10.8. The lowest BCUT2D eigenvalue weighted by Crippen LogP contribution is -2.39. The molecule has 8 aromatic rings. The number of carbonyl (C=O) groups is 6. The largest absolute Gasteiger partial charge is 0.489 e. The third kappa shape index (κ3) is 11.5. The molecule has 0 unspecified atom stereocenters. The second-order valence-electron chi connectivity index (χ2n) is 20.2. The van der Waals surface area contributed by atoms with Gasteiger partial charge < -0.3 is 38.9 Å². The maximum atomic E-state index is 14.0. The van der Waals surface area contributed by atoms with E-state index in [-0.39, 0.29) is 47.3 Å². The summed E-state index contributed by atoms with van der Waals surface area (Å²) in [6.45, 7) is 4.91. The van der Waals surface area contributed by atoms with E-state index in [9.17, 15) is 33.9 Å². The summed E-state index contributed by atoms with van der Waals surface area (Å²) in [5, 5.41) is 18.7. The molecule has 0 spiro atoms. The highest BCUT2D eigenvalue weighted by Gasteiger charge is 2.37. The molecule has 2 fully saturated rings. The first kappa shape index (κ1) is 54.1. The Bertz CT molecular complexity index is 3640. The monoisotopic (exact) mass is 1100 g/mol. The molecule has 4 aliphatic rings. The van der Waals surface area contributed by atoms with E-state index < -0.39 is 11.9 Å². The SMILES string of the molecule is CCOC(=O)c1nn(-c2ccc(OCc3ccccc3)cc2)c2c1CCN(c1ccc(N3CCCCC3=O)cc1)C2=O.O=C(O)c1nn(-c2ccc(OCc3ccccc3)cc2)c2c1CCN(c1ccc(N3CCCCC3=O)cc1)C2=O. The first-order valence-corrected chi connectivity index (χ1v) is 27.7. The van der Waals surface area contributed by atoms with Gasteiger partial charge in [-0.05, 0) is 154 Å². The van der Waals surface area contributed by atoms with Gasteiger partial charge in [0, 0.05) is 72.9 Å². The molecule has 2 saturated heterocycles. The van der Waals surface area contributed by atoms with E-state index in [0.29, 0.717) is 116 Å². The van der Waals surface area contributed by atoms with E-state index in [0.717, 1.165) is 48.2 Å². The molecule has 416 valence electrons. The second kappa shape index (κ2) is 24.3. The summed E-state index contributed by atoms with van der Waals surface area (Å²) < 4.78 is 20.0. The van der Waals surface area contributed by atoms with E-state index in [1.54, 1.807) is 50.8 Å². The lowest BCUT2D eigenvalue weighted by molar-refractivity contribution is -0.120. The molecular formula is C64H60N8O10. The van der Waals surface area contributed by atoms with Crippen LogP contribution >= 0.6 is 0 Å². The first-order chi connectivity index (χ1) is 40.0. The van der Waals surface area contributed by atoms with Gasteiger partial charge in [0.25, 0.3) is 11.8 Å². The molecule has 82 heavy (non-hydrogen) atoms. The van der Waals surface area contributed by atoms with Gasteiger partial charge >= 0.3 is 11.9 Å². The quantitative estimate of drug-likeness (QED) is 0.0955. The number of hydrogen-bond acceptors (Lipinski definition) is 11. The van der Waals surface area contributed by atoms with E-state index in [4.69, 9.17) is 14.2 Å². The van der Waals surface area contributed by atoms with Crippen molar-refractivity contribution in [3.63, 3.8) is 0 Å². The number of carboxylic acids is 1. The molecule has 0 bridgehead atoms. The highest BCUT2D eigenvalue weighted by Crippen LogP contribution is 2.34. The number of esters is 1. The zero-order chi connectivity index (χ0) is 56.7. The molecule has 18 heteroatoms. The molecular weight excluding hydrogens is 1040 g/mol. The average molecular weight is 1100 g/mol. The molecule has 4 amide bonds. The number of benzene rings is 6. The van der Waals surface area contributed by atoms with Crippen LogP contribution in [0.4, 0.5) is 22.7 Å². The first-order valence-electron chi connectivity index (χ1n) is 27.7.